The van der Waals surface area contributed by atoms with Gasteiger partial charge in [-0.2, -0.15) is 0 Å². The topological polar surface area (TPSA) is 71.5 Å². The van der Waals surface area contributed by atoms with Gasteiger partial charge in [0.2, 0.25) is 0 Å². The predicted molar refractivity (Wildman–Crippen MR) is 86.1 cm³/mol. The zero-order chi connectivity index (χ0) is 15.8. The van der Waals surface area contributed by atoms with Gasteiger partial charge in [0, 0.05) is 23.6 Å². The molecule has 1 unspecified atom stereocenters. The number of aromatic nitrogens is 1. The highest BCUT2D eigenvalue weighted by Crippen LogP contribution is 2.14. The van der Waals surface area contributed by atoms with Crippen LogP contribution in [0, 0.1) is 0 Å². The fraction of sp³-hybridized carbons (Fsp3) is 0.375. The number of thiazole rings is 1. The van der Waals surface area contributed by atoms with Gasteiger partial charge in [-0.1, -0.05) is 0 Å². The van der Waals surface area contributed by atoms with Crippen LogP contribution in [0.15, 0.2) is 35.2 Å². The molecule has 2 N–H and O–H groups in total. The zero-order valence-corrected chi connectivity index (χ0v) is 13.3. The summed E-state index contributed by atoms with van der Waals surface area (Å²) in [7, 11) is 0. The van der Waals surface area contributed by atoms with E-state index in [4.69, 9.17) is 9.84 Å². The van der Waals surface area contributed by atoms with Crippen molar-refractivity contribution < 1.29 is 14.6 Å². The lowest BCUT2D eigenvalue weighted by atomic mass is 10.1. The summed E-state index contributed by atoms with van der Waals surface area (Å²) >= 11 is 1.53. The molecule has 0 spiro atoms. The van der Waals surface area contributed by atoms with Crippen LogP contribution in [0.25, 0.3) is 0 Å². The second-order valence-electron chi connectivity index (χ2n) is 5.03. The van der Waals surface area contributed by atoms with Crippen LogP contribution >= 0.6 is 11.3 Å². The summed E-state index contributed by atoms with van der Waals surface area (Å²) in [5.74, 6) is 0.592. The average molecular weight is 320 g/mol. The first-order valence-corrected chi connectivity index (χ1v) is 8.15. The molecule has 0 radical (unpaired) electrons. The molecule has 1 atom stereocenters. The number of carbonyl (C=O) groups is 1. The Kier molecular flexibility index (Phi) is 6.36. The van der Waals surface area contributed by atoms with Gasteiger partial charge >= 0.3 is 0 Å². The Morgan fingerprint density at radius 3 is 2.82 bits per heavy atom. The van der Waals surface area contributed by atoms with Crippen molar-refractivity contribution in [1.82, 2.24) is 10.3 Å². The summed E-state index contributed by atoms with van der Waals surface area (Å²) in [6.45, 7) is 2.50. The maximum absolute atomic E-state index is 12.1. The van der Waals surface area contributed by atoms with Crippen LogP contribution in [0.5, 0.6) is 5.75 Å². The summed E-state index contributed by atoms with van der Waals surface area (Å²) in [4.78, 5) is 16.2. The van der Waals surface area contributed by atoms with E-state index in [0.29, 0.717) is 24.3 Å². The van der Waals surface area contributed by atoms with Crippen LogP contribution in [-0.4, -0.2) is 28.6 Å². The standard InChI is InChI=1S/C16H20N2O3S/c1-12(3-2-8-19)18-16(20)13-4-6-15(7-5-13)21-9-14-10-22-11-17-14/h4-7,10-12,19H,2-3,8-9H2,1H3,(H,18,20). The van der Waals surface area contributed by atoms with E-state index in [-0.39, 0.29) is 18.6 Å². The molecule has 1 amide bonds. The number of ether oxygens (including phenoxy) is 1. The Morgan fingerprint density at radius 2 is 2.18 bits per heavy atom. The average Bonchev–Trinajstić information content (AvgIpc) is 3.05. The van der Waals surface area contributed by atoms with E-state index in [1.807, 2.05) is 12.3 Å². The maximum atomic E-state index is 12.1. The van der Waals surface area contributed by atoms with Crippen LogP contribution < -0.4 is 10.1 Å². The Morgan fingerprint density at radius 1 is 1.41 bits per heavy atom. The largest absolute Gasteiger partial charge is 0.487 e. The number of amides is 1. The lowest BCUT2D eigenvalue weighted by Crippen LogP contribution is -2.32. The van der Waals surface area contributed by atoms with E-state index in [2.05, 4.69) is 10.3 Å². The van der Waals surface area contributed by atoms with Crippen molar-refractivity contribution in [3.63, 3.8) is 0 Å². The second kappa shape index (κ2) is 8.51. The summed E-state index contributed by atoms with van der Waals surface area (Å²) in [6, 6.07) is 7.08. The minimum atomic E-state index is -0.114. The summed E-state index contributed by atoms with van der Waals surface area (Å²) in [5, 5.41) is 13.6. The Labute approximate surface area is 134 Å². The molecule has 0 aliphatic rings. The van der Waals surface area contributed by atoms with E-state index < -0.39 is 0 Å². The monoisotopic (exact) mass is 320 g/mol. The number of hydrogen-bond donors (Lipinski definition) is 2. The van der Waals surface area contributed by atoms with E-state index in [9.17, 15) is 4.79 Å². The van der Waals surface area contributed by atoms with Crippen molar-refractivity contribution in [2.75, 3.05) is 6.61 Å². The van der Waals surface area contributed by atoms with E-state index in [1.54, 1.807) is 29.8 Å². The smallest absolute Gasteiger partial charge is 0.251 e. The van der Waals surface area contributed by atoms with E-state index in [1.165, 1.54) is 11.3 Å². The van der Waals surface area contributed by atoms with Crippen molar-refractivity contribution in [3.05, 3.63) is 46.4 Å². The Bertz CT molecular complexity index is 570. The number of carbonyl (C=O) groups excluding carboxylic acids is 1. The third-order valence-corrected chi connectivity index (χ3v) is 3.79. The van der Waals surface area contributed by atoms with Crippen molar-refractivity contribution in [3.8, 4) is 5.75 Å². The molecule has 0 saturated carbocycles. The summed E-state index contributed by atoms with van der Waals surface area (Å²) in [5.41, 5.74) is 3.26. The normalized spacial score (nSPS) is 11.9. The van der Waals surface area contributed by atoms with Gasteiger partial charge in [-0.3, -0.25) is 4.79 Å². The highest BCUT2D eigenvalue weighted by molar-refractivity contribution is 7.07. The molecule has 0 aliphatic carbocycles. The molecule has 0 fully saturated rings. The van der Waals surface area contributed by atoms with Gasteiger partial charge in [-0.15, -0.1) is 11.3 Å². The molecule has 2 aromatic rings. The third-order valence-electron chi connectivity index (χ3n) is 3.16. The predicted octanol–water partition coefficient (Wildman–Crippen LogP) is 2.61. The van der Waals surface area contributed by atoms with Gasteiger partial charge < -0.3 is 15.2 Å². The van der Waals surface area contributed by atoms with Gasteiger partial charge in [-0.25, -0.2) is 4.98 Å². The molecule has 1 heterocycles. The molecule has 0 saturated heterocycles. The molecule has 6 heteroatoms. The van der Waals surface area contributed by atoms with E-state index >= 15 is 0 Å². The molecule has 5 nitrogen and oxygen atoms in total. The van der Waals surface area contributed by atoms with Gasteiger partial charge in [-0.05, 0) is 44.0 Å². The fourth-order valence-corrected chi connectivity index (χ4v) is 2.49. The van der Waals surface area contributed by atoms with Gasteiger partial charge in [0.15, 0.2) is 0 Å². The second-order valence-corrected chi connectivity index (χ2v) is 5.75. The lowest BCUT2D eigenvalue weighted by molar-refractivity contribution is 0.0936. The number of rotatable bonds is 8. The molecule has 118 valence electrons. The van der Waals surface area contributed by atoms with Crippen LogP contribution in [-0.2, 0) is 6.61 Å². The summed E-state index contributed by atoms with van der Waals surface area (Å²) < 4.78 is 5.60. The fourth-order valence-electron chi connectivity index (χ4n) is 1.95. The van der Waals surface area contributed by atoms with Crippen molar-refractivity contribution in [1.29, 1.82) is 0 Å². The number of nitrogens with one attached hydrogen (secondary N) is 1. The number of nitrogens with zero attached hydrogens (tertiary/aromatic N) is 1. The first-order chi connectivity index (χ1) is 10.7. The number of aliphatic hydroxyl groups is 1. The third kappa shape index (κ3) is 5.13. The molecule has 22 heavy (non-hydrogen) atoms. The van der Waals surface area contributed by atoms with Crippen LogP contribution in [0.4, 0.5) is 0 Å². The van der Waals surface area contributed by atoms with Crippen LogP contribution in [0.1, 0.15) is 35.8 Å². The Balaban J connectivity index is 1.84. The first kappa shape index (κ1) is 16.5. The minimum Gasteiger partial charge on any atom is -0.487 e. The SMILES string of the molecule is CC(CCCO)NC(=O)c1ccc(OCc2cscn2)cc1. The number of hydrogen-bond acceptors (Lipinski definition) is 5. The van der Waals surface area contributed by atoms with Gasteiger partial charge in [0.25, 0.3) is 5.91 Å². The van der Waals surface area contributed by atoms with Crippen molar-refractivity contribution in [2.24, 2.45) is 0 Å². The first-order valence-electron chi connectivity index (χ1n) is 7.20. The van der Waals surface area contributed by atoms with Crippen molar-refractivity contribution in [2.45, 2.75) is 32.4 Å². The maximum Gasteiger partial charge on any atom is 0.251 e. The lowest BCUT2D eigenvalue weighted by Gasteiger charge is -2.13. The molecule has 2 rings (SSSR count). The van der Waals surface area contributed by atoms with E-state index in [0.717, 1.165) is 12.1 Å². The highest BCUT2D eigenvalue weighted by atomic mass is 32.1. The number of aliphatic hydroxyl groups excluding tert-OH is 1. The molecule has 1 aromatic carbocycles. The van der Waals surface area contributed by atoms with Crippen LogP contribution in [0.3, 0.4) is 0 Å². The van der Waals surface area contributed by atoms with Gasteiger partial charge in [0.05, 0.1) is 11.2 Å². The quantitative estimate of drug-likeness (QED) is 0.784. The highest BCUT2D eigenvalue weighted by Gasteiger charge is 2.09. The molecule has 0 bridgehead atoms. The number of benzene rings is 1. The van der Waals surface area contributed by atoms with Crippen LogP contribution in [0.2, 0.25) is 0 Å². The van der Waals surface area contributed by atoms with Crippen molar-refractivity contribution >= 4 is 17.2 Å². The molecular weight excluding hydrogens is 300 g/mol. The summed E-state index contributed by atoms with van der Waals surface area (Å²) in [6.07, 6.45) is 1.45. The molecule has 0 aliphatic heterocycles. The molecular formula is C16H20N2O3S. The zero-order valence-electron chi connectivity index (χ0n) is 12.5. The van der Waals surface area contributed by atoms with Gasteiger partial charge in [0.1, 0.15) is 12.4 Å². The molecule has 1 aromatic heterocycles. The minimum absolute atomic E-state index is 0.0419. The Hall–Kier alpha value is -1.92.